The fourth-order valence-electron chi connectivity index (χ4n) is 2.90. The molecule has 0 aromatic heterocycles. The molecule has 0 aromatic carbocycles. The fraction of sp³-hybridized carbons (Fsp3) is 0.923. The van der Waals surface area contributed by atoms with E-state index in [9.17, 15) is 9.90 Å². The van der Waals surface area contributed by atoms with Gasteiger partial charge in [-0.1, -0.05) is 0 Å². The van der Waals surface area contributed by atoms with Crippen LogP contribution >= 0.6 is 12.4 Å². The highest BCUT2D eigenvalue weighted by Gasteiger charge is 2.27. The molecule has 2 aliphatic rings. The van der Waals surface area contributed by atoms with Gasteiger partial charge in [0.2, 0.25) is 5.91 Å². The molecule has 2 atom stereocenters. The topological polar surface area (TPSA) is 52.6 Å². The molecular weight excluding hydrogens is 252 g/mol. The Morgan fingerprint density at radius 2 is 2.06 bits per heavy atom. The van der Waals surface area contributed by atoms with E-state index in [0.717, 1.165) is 38.9 Å². The van der Waals surface area contributed by atoms with Gasteiger partial charge in [0.25, 0.3) is 0 Å². The first-order valence-corrected chi connectivity index (χ1v) is 6.86. The molecule has 0 radical (unpaired) electrons. The Bertz CT molecular complexity index is 260. The first kappa shape index (κ1) is 15.7. The zero-order valence-electron chi connectivity index (χ0n) is 11.1. The molecular formula is C13H25ClN2O2. The van der Waals surface area contributed by atoms with Crippen LogP contribution in [0.15, 0.2) is 0 Å². The molecule has 106 valence electrons. The van der Waals surface area contributed by atoms with Gasteiger partial charge in [0.1, 0.15) is 0 Å². The van der Waals surface area contributed by atoms with Gasteiger partial charge >= 0.3 is 0 Å². The SMILES string of the molecule is CC(O)C1CCN(C(=O)CC2CCCN2)CC1.Cl. The molecule has 2 unspecified atom stereocenters. The molecule has 0 spiro atoms. The average Bonchev–Trinajstić information content (AvgIpc) is 2.82. The molecule has 2 N–H and O–H groups in total. The molecule has 0 aliphatic carbocycles. The molecule has 0 bridgehead atoms. The van der Waals surface area contributed by atoms with Gasteiger partial charge in [0.15, 0.2) is 0 Å². The predicted molar refractivity (Wildman–Crippen MR) is 73.9 cm³/mol. The summed E-state index contributed by atoms with van der Waals surface area (Å²) in [6.07, 6.45) is 4.64. The Kier molecular flexibility index (Phi) is 6.39. The summed E-state index contributed by atoms with van der Waals surface area (Å²) in [5.74, 6) is 0.664. The summed E-state index contributed by atoms with van der Waals surface area (Å²) in [6.45, 7) is 4.55. The van der Waals surface area contributed by atoms with Crippen LogP contribution in [0.2, 0.25) is 0 Å². The van der Waals surface area contributed by atoms with Crippen LogP contribution in [0.1, 0.15) is 39.0 Å². The Morgan fingerprint density at radius 1 is 1.39 bits per heavy atom. The number of carbonyl (C=O) groups excluding carboxylic acids is 1. The van der Waals surface area contributed by atoms with Gasteiger partial charge in [-0.25, -0.2) is 0 Å². The van der Waals surface area contributed by atoms with Crippen LogP contribution in [0.5, 0.6) is 0 Å². The normalized spacial score (nSPS) is 26.8. The summed E-state index contributed by atoms with van der Waals surface area (Å²) >= 11 is 0. The van der Waals surface area contributed by atoms with Gasteiger partial charge in [-0.2, -0.15) is 0 Å². The van der Waals surface area contributed by atoms with Crippen molar-refractivity contribution in [3.05, 3.63) is 0 Å². The van der Waals surface area contributed by atoms with E-state index in [0.29, 0.717) is 18.4 Å². The molecule has 0 saturated carbocycles. The molecule has 4 nitrogen and oxygen atoms in total. The molecule has 0 aromatic rings. The van der Waals surface area contributed by atoms with Crippen molar-refractivity contribution in [3.8, 4) is 0 Å². The number of hydrogen-bond acceptors (Lipinski definition) is 3. The van der Waals surface area contributed by atoms with E-state index < -0.39 is 0 Å². The van der Waals surface area contributed by atoms with E-state index in [2.05, 4.69) is 5.32 Å². The van der Waals surface area contributed by atoms with Crippen LogP contribution < -0.4 is 5.32 Å². The van der Waals surface area contributed by atoms with Crippen molar-refractivity contribution in [1.82, 2.24) is 10.2 Å². The van der Waals surface area contributed by atoms with E-state index in [1.807, 2.05) is 11.8 Å². The number of likely N-dealkylation sites (tertiary alicyclic amines) is 1. The summed E-state index contributed by atoms with van der Waals surface area (Å²) in [5, 5.41) is 12.9. The molecule has 2 heterocycles. The Morgan fingerprint density at radius 3 is 2.56 bits per heavy atom. The molecule has 2 fully saturated rings. The third-order valence-electron chi connectivity index (χ3n) is 4.16. The minimum absolute atomic E-state index is 0. The Hall–Kier alpha value is -0.320. The minimum atomic E-state index is -0.233. The molecule has 2 rings (SSSR count). The second-order valence-corrected chi connectivity index (χ2v) is 5.46. The van der Waals surface area contributed by atoms with Gasteiger partial charge < -0.3 is 15.3 Å². The molecule has 5 heteroatoms. The van der Waals surface area contributed by atoms with Crippen LogP contribution in [-0.2, 0) is 4.79 Å². The summed E-state index contributed by atoms with van der Waals surface area (Å²) < 4.78 is 0. The van der Waals surface area contributed by atoms with Gasteiger partial charge in [-0.05, 0) is 45.1 Å². The third kappa shape index (κ3) is 4.11. The minimum Gasteiger partial charge on any atom is -0.393 e. The maximum atomic E-state index is 12.1. The monoisotopic (exact) mass is 276 g/mol. The second-order valence-electron chi connectivity index (χ2n) is 5.46. The van der Waals surface area contributed by atoms with Gasteiger partial charge in [-0.3, -0.25) is 4.79 Å². The maximum Gasteiger partial charge on any atom is 0.224 e. The maximum absolute atomic E-state index is 12.1. The lowest BCUT2D eigenvalue weighted by atomic mass is 9.92. The molecule has 1 amide bonds. The summed E-state index contributed by atoms with van der Waals surface area (Å²) in [6, 6.07) is 0.400. The Labute approximate surface area is 116 Å². The number of piperidine rings is 1. The smallest absolute Gasteiger partial charge is 0.224 e. The number of aliphatic hydroxyl groups is 1. The van der Waals surface area contributed by atoms with Crippen molar-refractivity contribution in [1.29, 1.82) is 0 Å². The number of rotatable bonds is 3. The highest BCUT2D eigenvalue weighted by Crippen LogP contribution is 2.21. The van der Waals surface area contributed by atoms with Crippen molar-refractivity contribution in [3.63, 3.8) is 0 Å². The van der Waals surface area contributed by atoms with Crippen LogP contribution in [-0.4, -0.2) is 47.7 Å². The van der Waals surface area contributed by atoms with E-state index in [1.54, 1.807) is 0 Å². The zero-order valence-corrected chi connectivity index (χ0v) is 11.9. The number of halogens is 1. The summed E-state index contributed by atoms with van der Waals surface area (Å²) in [7, 11) is 0. The standard InChI is InChI=1S/C13H24N2O2.ClH/c1-10(16)11-4-7-15(8-5-11)13(17)9-12-3-2-6-14-12;/h10-12,14,16H,2-9H2,1H3;1H. The van der Waals surface area contributed by atoms with E-state index in [-0.39, 0.29) is 24.4 Å². The highest BCUT2D eigenvalue weighted by molar-refractivity contribution is 5.85. The predicted octanol–water partition coefficient (Wildman–Crippen LogP) is 1.17. The van der Waals surface area contributed by atoms with E-state index in [4.69, 9.17) is 0 Å². The van der Waals surface area contributed by atoms with Crippen molar-refractivity contribution in [2.45, 2.75) is 51.2 Å². The van der Waals surface area contributed by atoms with Crippen molar-refractivity contribution in [2.75, 3.05) is 19.6 Å². The lowest BCUT2D eigenvalue weighted by molar-refractivity contribution is -0.133. The van der Waals surface area contributed by atoms with Crippen molar-refractivity contribution in [2.24, 2.45) is 5.92 Å². The van der Waals surface area contributed by atoms with Gasteiger partial charge in [0, 0.05) is 25.6 Å². The van der Waals surface area contributed by atoms with Crippen molar-refractivity contribution < 1.29 is 9.90 Å². The summed E-state index contributed by atoms with van der Waals surface area (Å²) in [5.41, 5.74) is 0. The lowest BCUT2D eigenvalue weighted by Gasteiger charge is -2.33. The quantitative estimate of drug-likeness (QED) is 0.814. The number of aliphatic hydroxyl groups excluding tert-OH is 1. The van der Waals surface area contributed by atoms with E-state index in [1.165, 1.54) is 6.42 Å². The van der Waals surface area contributed by atoms with Crippen LogP contribution in [0.25, 0.3) is 0 Å². The first-order valence-electron chi connectivity index (χ1n) is 6.86. The van der Waals surface area contributed by atoms with E-state index >= 15 is 0 Å². The van der Waals surface area contributed by atoms with Gasteiger partial charge in [0.05, 0.1) is 6.10 Å². The number of carbonyl (C=O) groups is 1. The number of nitrogens with one attached hydrogen (secondary N) is 1. The number of amides is 1. The lowest BCUT2D eigenvalue weighted by Crippen LogP contribution is -2.42. The highest BCUT2D eigenvalue weighted by atomic mass is 35.5. The zero-order chi connectivity index (χ0) is 12.3. The Balaban J connectivity index is 0.00000162. The largest absolute Gasteiger partial charge is 0.393 e. The van der Waals surface area contributed by atoms with Gasteiger partial charge in [-0.15, -0.1) is 12.4 Å². The third-order valence-corrected chi connectivity index (χ3v) is 4.16. The second kappa shape index (κ2) is 7.31. The number of hydrogen-bond donors (Lipinski definition) is 2. The average molecular weight is 277 g/mol. The van der Waals surface area contributed by atoms with Crippen LogP contribution in [0.4, 0.5) is 0 Å². The first-order chi connectivity index (χ1) is 8.16. The van der Waals surface area contributed by atoms with Crippen LogP contribution in [0.3, 0.4) is 0 Å². The summed E-state index contributed by atoms with van der Waals surface area (Å²) in [4.78, 5) is 14.0. The number of nitrogens with zero attached hydrogens (tertiary/aromatic N) is 1. The fourth-order valence-corrected chi connectivity index (χ4v) is 2.90. The van der Waals surface area contributed by atoms with Crippen LogP contribution in [0, 0.1) is 5.92 Å². The molecule has 18 heavy (non-hydrogen) atoms. The molecule has 2 aliphatic heterocycles. The van der Waals surface area contributed by atoms with Crippen molar-refractivity contribution >= 4 is 18.3 Å². The molecule has 2 saturated heterocycles.